The van der Waals surface area contributed by atoms with Gasteiger partial charge in [0, 0.05) is 32.3 Å². The van der Waals surface area contributed by atoms with Crippen LogP contribution in [0.5, 0.6) is 0 Å². The quantitative estimate of drug-likeness (QED) is 0.806. The van der Waals surface area contributed by atoms with E-state index in [-0.39, 0.29) is 6.61 Å². The molecule has 1 aliphatic heterocycles. The molecule has 0 aliphatic carbocycles. The molecule has 2 N–H and O–H groups in total. The van der Waals surface area contributed by atoms with E-state index in [0.717, 1.165) is 31.0 Å². The normalized spacial score (nSPS) is 19.6. The second-order valence-corrected chi connectivity index (χ2v) is 4.37. The summed E-state index contributed by atoms with van der Waals surface area (Å²) in [5, 5.41) is 11.9. The number of nitrogens with one attached hydrogen (secondary N) is 1. The molecule has 1 unspecified atom stereocenters. The SMILES string of the molecule is CNc1cc(N2CCCC2CCCO)ncn1. The van der Waals surface area contributed by atoms with Crippen molar-refractivity contribution in [1.29, 1.82) is 0 Å². The van der Waals surface area contributed by atoms with Crippen LogP contribution in [0.25, 0.3) is 0 Å². The van der Waals surface area contributed by atoms with E-state index in [1.54, 1.807) is 6.33 Å². The highest BCUT2D eigenvalue weighted by Crippen LogP contribution is 2.27. The fourth-order valence-corrected chi connectivity index (χ4v) is 2.41. The Morgan fingerprint density at radius 1 is 1.53 bits per heavy atom. The Morgan fingerprint density at radius 2 is 2.41 bits per heavy atom. The molecule has 17 heavy (non-hydrogen) atoms. The first-order valence-corrected chi connectivity index (χ1v) is 6.22. The second kappa shape index (κ2) is 5.82. The van der Waals surface area contributed by atoms with E-state index < -0.39 is 0 Å². The average molecular weight is 236 g/mol. The van der Waals surface area contributed by atoms with Crippen molar-refractivity contribution in [2.75, 3.05) is 30.4 Å². The molecule has 5 heteroatoms. The minimum absolute atomic E-state index is 0.274. The van der Waals surface area contributed by atoms with Crippen molar-refractivity contribution in [2.24, 2.45) is 0 Å². The molecule has 1 fully saturated rings. The van der Waals surface area contributed by atoms with Crippen molar-refractivity contribution >= 4 is 11.6 Å². The first kappa shape index (κ1) is 12.1. The van der Waals surface area contributed by atoms with E-state index >= 15 is 0 Å². The number of aromatic nitrogens is 2. The number of anilines is 2. The molecule has 94 valence electrons. The molecule has 1 aromatic heterocycles. The third-order valence-electron chi connectivity index (χ3n) is 3.28. The second-order valence-electron chi connectivity index (χ2n) is 4.37. The van der Waals surface area contributed by atoms with Crippen molar-refractivity contribution in [1.82, 2.24) is 9.97 Å². The first-order chi connectivity index (χ1) is 8.35. The summed E-state index contributed by atoms with van der Waals surface area (Å²) in [6.45, 7) is 1.33. The molecule has 1 atom stereocenters. The zero-order chi connectivity index (χ0) is 12.1. The van der Waals surface area contributed by atoms with Crippen LogP contribution in [-0.2, 0) is 0 Å². The molecule has 1 saturated heterocycles. The van der Waals surface area contributed by atoms with Gasteiger partial charge in [-0.15, -0.1) is 0 Å². The van der Waals surface area contributed by atoms with Crippen LogP contribution in [0.4, 0.5) is 11.6 Å². The zero-order valence-corrected chi connectivity index (χ0v) is 10.3. The molecule has 1 aliphatic rings. The fourth-order valence-electron chi connectivity index (χ4n) is 2.41. The number of rotatable bonds is 5. The zero-order valence-electron chi connectivity index (χ0n) is 10.3. The van der Waals surface area contributed by atoms with E-state index in [1.165, 1.54) is 12.8 Å². The summed E-state index contributed by atoms with van der Waals surface area (Å²) >= 11 is 0. The molecular weight excluding hydrogens is 216 g/mol. The van der Waals surface area contributed by atoms with Crippen LogP contribution < -0.4 is 10.2 Å². The topological polar surface area (TPSA) is 61.3 Å². The average Bonchev–Trinajstić information content (AvgIpc) is 2.84. The van der Waals surface area contributed by atoms with Gasteiger partial charge in [0.25, 0.3) is 0 Å². The van der Waals surface area contributed by atoms with Crippen molar-refractivity contribution in [3.8, 4) is 0 Å². The van der Waals surface area contributed by atoms with Gasteiger partial charge in [0.15, 0.2) is 0 Å². The van der Waals surface area contributed by atoms with E-state index in [9.17, 15) is 0 Å². The van der Waals surface area contributed by atoms with Gasteiger partial charge in [-0.2, -0.15) is 0 Å². The standard InChI is InChI=1S/C12H20N4O/c1-13-11-8-12(15-9-14-11)16-6-2-4-10(16)5-3-7-17/h8-10,17H,2-7H2,1H3,(H,13,14,15). The summed E-state index contributed by atoms with van der Waals surface area (Å²) in [6, 6.07) is 2.50. The lowest BCUT2D eigenvalue weighted by molar-refractivity contribution is 0.279. The molecule has 1 aromatic rings. The minimum Gasteiger partial charge on any atom is -0.396 e. The van der Waals surface area contributed by atoms with E-state index in [0.29, 0.717) is 6.04 Å². The van der Waals surface area contributed by atoms with Crippen LogP contribution in [0.2, 0.25) is 0 Å². The van der Waals surface area contributed by atoms with Gasteiger partial charge in [0.1, 0.15) is 18.0 Å². The minimum atomic E-state index is 0.274. The van der Waals surface area contributed by atoms with Crippen LogP contribution in [0.15, 0.2) is 12.4 Å². The summed E-state index contributed by atoms with van der Waals surface area (Å²) in [5.41, 5.74) is 0. The molecule has 0 amide bonds. The highest BCUT2D eigenvalue weighted by atomic mass is 16.2. The van der Waals surface area contributed by atoms with Gasteiger partial charge < -0.3 is 15.3 Å². The van der Waals surface area contributed by atoms with E-state index in [1.807, 2.05) is 13.1 Å². The van der Waals surface area contributed by atoms with Crippen molar-refractivity contribution < 1.29 is 5.11 Å². The van der Waals surface area contributed by atoms with Crippen LogP contribution in [-0.4, -0.2) is 41.3 Å². The highest BCUT2D eigenvalue weighted by Gasteiger charge is 2.25. The summed E-state index contributed by atoms with van der Waals surface area (Å²) in [4.78, 5) is 10.8. The third kappa shape index (κ3) is 2.85. The molecule has 0 spiro atoms. The first-order valence-electron chi connectivity index (χ1n) is 6.22. The maximum absolute atomic E-state index is 8.91. The van der Waals surface area contributed by atoms with Crippen LogP contribution in [0, 0.1) is 0 Å². The lowest BCUT2D eigenvalue weighted by Gasteiger charge is -2.25. The Balaban J connectivity index is 2.08. The predicted molar refractivity (Wildman–Crippen MR) is 68.3 cm³/mol. The summed E-state index contributed by atoms with van der Waals surface area (Å²) in [7, 11) is 1.86. The number of aliphatic hydroxyl groups is 1. The maximum Gasteiger partial charge on any atom is 0.134 e. The van der Waals surface area contributed by atoms with Gasteiger partial charge in [0.2, 0.25) is 0 Å². The smallest absolute Gasteiger partial charge is 0.134 e. The lowest BCUT2D eigenvalue weighted by Crippen LogP contribution is -2.30. The molecule has 0 radical (unpaired) electrons. The van der Waals surface area contributed by atoms with Gasteiger partial charge in [-0.25, -0.2) is 9.97 Å². The number of nitrogens with zero attached hydrogens (tertiary/aromatic N) is 3. The van der Waals surface area contributed by atoms with Crippen molar-refractivity contribution in [3.63, 3.8) is 0 Å². The van der Waals surface area contributed by atoms with Gasteiger partial charge in [-0.3, -0.25) is 0 Å². The summed E-state index contributed by atoms with van der Waals surface area (Å²) < 4.78 is 0. The van der Waals surface area contributed by atoms with Crippen molar-refractivity contribution in [2.45, 2.75) is 31.7 Å². The maximum atomic E-state index is 8.91. The molecular formula is C12H20N4O. The van der Waals surface area contributed by atoms with Crippen molar-refractivity contribution in [3.05, 3.63) is 12.4 Å². The lowest BCUT2D eigenvalue weighted by atomic mass is 10.1. The Hall–Kier alpha value is -1.36. The van der Waals surface area contributed by atoms with E-state index in [4.69, 9.17) is 5.11 Å². The molecule has 5 nitrogen and oxygen atoms in total. The Bertz CT molecular complexity index is 358. The summed E-state index contributed by atoms with van der Waals surface area (Å²) in [6.07, 6.45) is 5.90. The highest BCUT2D eigenvalue weighted by molar-refractivity contribution is 5.49. The Kier molecular flexibility index (Phi) is 4.14. The van der Waals surface area contributed by atoms with Gasteiger partial charge in [-0.05, 0) is 25.7 Å². The fraction of sp³-hybridized carbons (Fsp3) is 0.667. The molecule has 0 bridgehead atoms. The largest absolute Gasteiger partial charge is 0.396 e. The number of aliphatic hydroxyl groups excluding tert-OH is 1. The molecule has 2 rings (SSSR count). The van der Waals surface area contributed by atoms with Crippen LogP contribution in [0.3, 0.4) is 0 Å². The Labute approximate surface area is 102 Å². The van der Waals surface area contributed by atoms with Crippen LogP contribution in [0.1, 0.15) is 25.7 Å². The Morgan fingerprint density at radius 3 is 3.18 bits per heavy atom. The molecule has 0 aromatic carbocycles. The van der Waals surface area contributed by atoms with Gasteiger partial charge in [-0.1, -0.05) is 0 Å². The molecule has 0 saturated carbocycles. The van der Waals surface area contributed by atoms with E-state index in [2.05, 4.69) is 20.2 Å². The van der Waals surface area contributed by atoms with Gasteiger partial charge >= 0.3 is 0 Å². The predicted octanol–water partition coefficient (Wildman–Crippen LogP) is 1.26. The molecule has 2 heterocycles. The van der Waals surface area contributed by atoms with Crippen LogP contribution >= 0.6 is 0 Å². The summed E-state index contributed by atoms with van der Waals surface area (Å²) in [5.74, 6) is 1.84. The monoisotopic (exact) mass is 236 g/mol. The third-order valence-corrected chi connectivity index (χ3v) is 3.28. The number of hydrogen-bond acceptors (Lipinski definition) is 5. The van der Waals surface area contributed by atoms with Gasteiger partial charge in [0.05, 0.1) is 0 Å². The number of hydrogen-bond donors (Lipinski definition) is 2.